The Morgan fingerprint density at radius 3 is 2.57 bits per heavy atom. The van der Waals surface area contributed by atoms with Gasteiger partial charge in [-0.2, -0.15) is 5.10 Å². The lowest BCUT2D eigenvalue weighted by atomic mass is 10.2. The minimum Gasteiger partial charge on any atom is -0.380 e. The van der Waals surface area contributed by atoms with E-state index in [4.69, 9.17) is 23.2 Å². The fraction of sp³-hybridized carbons (Fsp3) is 0.0625. The molecule has 0 fully saturated rings. The molecule has 0 saturated carbocycles. The van der Waals surface area contributed by atoms with Gasteiger partial charge in [0.2, 0.25) is 0 Å². The van der Waals surface area contributed by atoms with E-state index in [2.05, 4.69) is 22.5 Å². The SMILES string of the molecule is Clc1ccc(Cl)c(NCc2ccc(-n3cccn3)cc2)c1. The number of hydrogen-bond donors (Lipinski definition) is 1. The first-order chi connectivity index (χ1) is 10.2. The van der Waals surface area contributed by atoms with Crippen molar-refractivity contribution in [1.29, 1.82) is 0 Å². The van der Waals surface area contributed by atoms with Gasteiger partial charge >= 0.3 is 0 Å². The van der Waals surface area contributed by atoms with Crippen molar-refractivity contribution in [1.82, 2.24) is 9.78 Å². The quantitative estimate of drug-likeness (QED) is 0.749. The smallest absolute Gasteiger partial charge is 0.0645 e. The lowest BCUT2D eigenvalue weighted by molar-refractivity contribution is 0.879. The molecule has 3 rings (SSSR count). The first-order valence-corrected chi connectivity index (χ1v) is 7.26. The molecule has 106 valence electrons. The molecular formula is C16H13Cl2N3. The summed E-state index contributed by atoms with van der Waals surface area (Å²) in [6, 6.07) is 15.5. The summed E-state index contributed by atoms with van der Waals surface area (Å²) in [6.07, 6.45) is 3.68. The van der Waals surface area contributed by atoms with Crippen molar-refractivity contribution in [3.05, 3.63) is 76.5 Å². The van der Waals surface area contributed by atoms with E-state index >= 15 is 0 Å². The van der Waals surface area contributed by atoms with E-state index < -0.39 is 0 Å². The Hall–Kier alpha value is -1.97. The van der Waals surface area contributed by atoms with Crippen LogP contribution in [-0.4, -0.2) is 9.78 Å². The van der Waals surface area contributed by atoms with Gasteiger partial charge in [0.05, 0.1) is 16.4 Å². The molecule has 21 heavy (non-hydrogen) atoms. The second-order valence-electron chi connectivity index (χ2n) is 4.59. The van der Waals surface area contributed by atoms with Crippen molar-refractivity contribution in [3.8, 4) is 5.69 Å². The zero-order chi connectivity index (χ0) is 14.7. The largest absolute Gasteiger partial charge is 0.380 e. The molecule has 0 atom stereocenters. The Morgan fingerprint density at radius 2 is 1.86 bits per heavy atom. The van der Waals surface area contributed by atoms with Gasteiger partial charge in [-0.1, -0.05) is 35.3 Å². The molecule has 0 aliphatic rings. The van der Waals surface area contributed by atoms with Crippen LogP contribution in [0.15, 0.2) is 60.9 Å². The molecule has 0 radical (unpaired) electrons. The van der Waals surface area contributed by atoms with Crippen molar-refractivity contribution in [2.24, 2.45) is 0 Å². The van der Waals surface area contributed by atoms with Gasteiger partial charge in [0.1, 0.15) is 0 Å². The Bertz CT molecular complexity index is 722. The van der Waals surface area contributed by atoms with Crippen LogP contribution in [0, 0.1) is 0 Å². The lowest BCUT2D eigenvalue weighted by Crippen LogP contribution is -2.01. The molecule has 2 aromatic carbocycles. The first kappa shape index (κ1) is 14.0. The molecule has 0 amide bonds. The van der Waals surface area contributed by atoms with Crippen LogP contribution in [-0.2, 0) is 6.54 Å². The highest BCUT2D eigenvalue weighted by Gasteiger charge is 2.02. The Labute approximate surface area is 133 Å². The average Bonchev–Trinajstić information content (AvgIpc) is 3.03. The van der Waals surface area contributed by atoms with E-state index in [1.807, 2.05) is 35.1 Å². The van der Waals surface area contributed by atoms with Gasteiger partial charge in [0, 0.05) is 24.0 Å². The molecule has 0 bridgehead atoms. The molecule has 1 N–H and O–H groups in total. The molecule has 1 aromatic heterocycles. The van der Waals surface area contributed by atoms with Crippen LogP contribution < -0.4 is 5.32 Å². The predicted molar refractivity (Wildman–Crippen MR) is 87.4 cm³/mol. The molecule has 0 aliphatic heterocycles. The van der Waals surface area contributed by atoms with Crippen LogP contribution in [0.25, 0.3) is 5.69 Å². The lowest BCUT2D eigenvalue weighted by Gasteiger charge is -2.09. The van der Waals surface area contributed by atoms with Crippen LogP contribution >= 0.6 is 23.2 Å². The van der Waals surface area contributed by atoms with Crippen LogP contribution in [0.2, 0.25) is 10.0 Å². The van der Waals surface area contributed by atoms with E-state index in [1.165, 1.54) is 0 Å². The van der Waals surface area contributed by atoms with Crippen LogP contribution in [0.1, 0.15) is 5.56 Å². The number of aromatic nitrogens is 2. The van der Waals surface area contributed by atoms with Crippen LogP contribution in [0.5, 0.6) is 0 Å². The van der Waals surface area contributed by atoms with E-state index in [1.54, 1.807) is 18.3 Å². The zero-order valence-electron chi connectivity index (χ0n) is 11.1. The topological polar surface area (TPSA) is 29.9 Å². The molecule has 3 nitrogen and oxygen atoms in total. The summed E-state index contributed by atoms with van der Waals surface area (Å²) in [6.45, 7) is 0.680. The number of halogens is 2. The van der Waals surface area contributed by atoms with E-state index in [9.17, 15) is 0 Å². The number of nitrogens with zero attached hydrogens (tertiary/aromatic N) is 2. The summed E-state index contributed by atoms with van der Waals surface area (Å²) < 4.78 is 1.82. The van der Waals surface area contributed by atoms with Crippen molar-refractivity contribution in [3.63, 3.8) is 0 Å². The summed E-state index contributed by atoms with van der Waals surface area (Å²) in [5.41, 5.74) is 3.02. The third kappa shape index (κ3) is 3.38. The van der Waals surface area contributed by atoms with Crippen molar-refractivity contribution < 1.29 is 0 Å². The third-order valence-corrected chi connectivity index (χ3v) is 3.68. The van der Waals surface area contributed by atoms with E-state index in [0.717, 1.165) is 16.9 Å². The molecule has 0 saturated heterocycles. The molecule has 1 heterocycles. The highest BCUT2D eigenvalue weighted by molar-refractivity contribution is 6.35. The first-order valence-electron chi connectivity index (χ1n) is 6.50. The van der Waals surface area contributed by atoms with Gasteiger partial charge < -0.3 is 5.32 Å². The van der Waals surface area contributed by atoms with Crippen molar-refractivity contribution >= 4 is 28.9 Å². The normalized spacial score (nSPS) is 10.6. The monoisotopic (exact) mass is 317 g/mol. The second-order valence-corrected chi connectivity index (χ2v) is 5.44. The molecule has 0 spiro atoms. The number of nitrogens with one attached hydrogen (secondary N) is 1. The summed E-state index contributed by atoms with van der Waals surface area (Å²) in [4.78, 5) is 0. The van der Waals surface area contributed by atoms with Gasteiger partial charge in [0.15, 0.2) is 0 Å². The standard InChI is InChI=1S/C16H13Cl2N3/c17-13-4-7-15(18)16(10-13)19-11-12-2-5-14(6-3-12)21-9-1-8-20-21/h1-10,19H,11H2. The summed E-state index contributed by atoms with van der Waals surface area (Å²) in [5.74, 6) is 0. The number of anilines is 1. The van der Waals surface area contributed by atoms with Gasteiger partial charge in [-0.25, -0.2) is 4.68 Å². The van der Waals surface area contributed by atoms with Gasteiger partial charge in [-0.15, -0.1) is 0 Å². The van der Waals surface area contributed by atoms with Gasteiger partial charge in [-0.05, 0) is 42.0 Å². The third-order valence-electron chi connectivity index (χ3n) is 3.12. The Morgan fingerprint density at radius 1 is 1.05 bits per heavy atom. The maximum atomic E-state index is 6.12. The molecule has 0 unspecified atom stereocenters. The van der Waals surface area contributed by atoms with Gasteiger partial charge in [-0.3, -0.25) is 0 Å². The summed E-state index contributed by atoms with van der Waals surface area (Å²) in [7, 11) is 0. The number of rotatable bonds is 4. The highest BCUT2D eigenvalue weighted by atomic mass is 35.5. The molecule has 5 heteroatoms. The van der Waals surface area contributed by atoms with Crippen LogP contribution in [0.3, 0.4) is 0 Å². The minimum atomic E-state index is 0.660. The average molecular weight is 318 g/mol. The number of benzene rings is 2. The Kier molecular flexibility index (Phi) is 4.13. The maximum Gasteiger partial charge on any atom is 0.0645 e. The van der Waals surface area contributed by atoms with Crippen molar-refractivity contribution in [2.45, 2.75) is 6.54 Å². The predicted octanol–water partition coefficient (Wildman–Crippen LogP) is 4.79. The summed E-state index contributed by atoms with van der Waals surface area (Å²) in [5, 5.41) is 8.81. The highest BCUT2D eigenvalue weighted by Crippen LogP contribution is 2.25. The zero-order valence-corrected chi connectivity index (χ0v) is 12.6. The number of hydrogen-bond acceptors (Lipinski definition) is 2. The van der Waals surface area contributed by atoms with E-state index in [0.29, 0.717) is 16.6 Å². The van der Waals surface area contributed by atoms with Crippen molar-refractivity contribution in [2.75, 3.05) is 5.32 Å². The maximum absolute atomic E-state index is 6.12. The Balaban J connectivity index is 1.70. The summed E-state index contributed by atoms with van der Waals surface area (Å²) >= 11 is 12.1. The molecule has 0 aliphatic carbocycles. The van der Waals surface area contributed by atoms with Crippen LogP contribution in [0.4, 0.5) is 5.69 Å². The fourth-order valence-corrected chi connectivity index (χ4v) is 2.37. The van der Waals surface area contributed by atoms with E-state index in [-0.39, 0.29) is 0 Å². The molecular weight excluding hydrogens is 305 g/mol. The second kappa shape index (κ2) is 6.20. The minimum absolute atomic E-state index is 0.660. The molecule has 3 aromatic rings. The fourth-order valence-electron chi connectivity index (χ4n) is 2.02. The van der Waals surface area contributed by atoms with Gasteiger partial charge in [0.25, 0.3) is 0 Å².